The van der Waals surface area contributed by atoms with E-state index in [1.165, 1.54) is 18.4 Å². The number of likely N-dealkylation sites (N-methyl/N-ethyl adjacent to an activating group) is 1. The van der Waals surface area contributed by atoms with E-state index in [0.29, 0.717) is 13.0 Å². The van der Waals surface area contributed by atoms with Crippen molar-refractivity contribution in [3.8, 4) is 0 Å². The number of nitrogens with one attached hydrogen (secondary N) is 1. The van der Waals surface area contributed by atoms with Crippen LogP contribution in [0.4, 0.5) is 5.69 Å². The third-order valence-corrected chi connectivity index (χ3v) is 5.23. The molecule has 1 saturated heterocycles. The van der Waals surface area contributed by atoms with E-state index >= 15 is 0 Å². The fourth-order valence-corrected chi connectivity index (χ4v) is 3.35. The first-order valence-corrected chi connectivity index (χ1v) is 9.67. The second kappa shape index (κ2) is 9.57. The van der Waals surface area contributed by atoms with Crippen molar-refractivity contribution in [3.63, 3.8) is 0 Å². The lowest BCUT2D eigenvalue weighted by atomic mass is 10.1. The zero-order chi connectivity index (χ0) is 19.9. The highest BCUT2D eigenvalue weighted by Crippen LogP contribution is 2.40. The molecule has 0 bridgehead atoms. The van der Waals surface area contributed by atoms with Gasteiger partial charge in [-0.3, -0.25) is 4.98 Å². The Hall–Kier alpha value is -2.57. The number of β-amino-alcohol motifs (C(OH)–C–C–N with tert-alkyl or cyclic N) is 1. The Labute approximate surface area is 165 Å². The molecule has 1 aromatic heterocycles. The first-order chi connectivity index (χ1) is 13.6. The number of pyridine rings is 1. The van der Waals surface area contributed by atoms with E-state index in [4.69, 9.17) is 5.11 Å². The van der Waals surface area contributed by atoms with Gasteiger partial charge < -0.3 is 24.9 Å². The van der Waals surface area contributed by atoms with Gasteiger partial charge in [0.2, 0.25) is 0 Å². The molecule has 6 nitrogen and oxygen atoms in total. The maximum absolute atomic E-state index is 11.4. The summed E-state index contributed by atoms with van der Waals surface area (Å²) in [6, 6.07) is 11.9. The number of rotatable bonds is 6. The number of nitrogens with zero attached hydrogens (tertiary/aromatic N) is 2. The third kappa shape index (κ3) is 5.24. The molecule has 0 radical (unpaired) electrons. The lowest BCUT2D eigenvalue weighted by molar-refractivity contribution is -0.109. The number of aldehydes is 2. The van der Waals surface area contributed by atoms with Crippen molar-refractivity contribution >= 4 is 18.3 Å². The molecular formula is C22H27N3O3. The fraction of sp³-hybridized carbons (Fsp3) is 0.409. The Balaban J connectivity index is 0.000000236. The molecule has 2 N–H and O–H groups in total. The minimum Gasteiger partial charge on any atom is -0.392 e. The van der Waals surface area contributed by atoms with E-state index in [2.05, 4.69) is 34.6 Å². The lowest BCUT2D eigenvalue weighted by Gasteiger charge is -2.26. The number of anilines is 1. The van der Waals surface area contributed by atoms with Crippen LogP contribution in [0.5, 0.6) is 0 Å². The van der Waals surface area contributed by atoms with Gasteiger partial charge in [0.1, 0.15) is 18.6 Å². The number of aliphatic hydroxyl groups excluding tert-OH is 1. The van der Waals surface area contributed by atoms with Gasteiger partial charge in [0.05, 0.1) is 12.1 Å². The smallest absolute Gasteiger partial charge is 0.147 e. The summed E-state index contributed by atoms with van der Waals surface area (Å²) in [5, 5.41) is 11.6. The summed E-state index contributed by atoms with van der Waals surface area (Å²) < 4.78 is 0. The predicted molar refractivity (Wildman–Crippen MR) is 108 cm³/mol. The quantitative estimate of drug-likeness (QED) is 0.747. The fourth-order valence-electron chi connectivity index (χ4n) is 3.35. The molecule has 3 atom stereocenters. The molecular weight excluding hydrogens is 354 g/mol. The van der Waals surface area contributed by atoms with E-state index in [9.17, 15) is 9.59 Å². The van der Waals surface area contributed by atoms with E-state index in [-0.39, 0.29) is 18.2 Å². The number of aromatic nitrogens is 1. The normalized spacial score (nSPS) is 21.9. The Morgan fingerprint density at radius 2 is 1.96 bits per heavy atom. The van der Waals surface area contributed by atoms with Gasteiger partial charge in [0.15, 0.2) is 0 Å². The number of carbonyl (C=O) groups excluding carboxylic acids is 2. The van der Waals surface area contributed by atoms with E-state index in [0.717, 1.165) is 29.7 Å². The van der Waals surface area contributed by atoms with Crippen molar-refractivity contribution in [2.45, 2.75) is 43.4 Å². The van der Waals surface area contributed by atoms with Crippen LogP contribution in [0.2, 0.25) is 0 Å². The first-order valence-electron chi connectivity index (χ1n) is 9.67. The summed E-state index contributed by atoms with van der Waals surface area (Å²) in [4.78, 5) is 27.5. The first kappa shape index (κ1) is 20.2. The highest BCUT2D eigenvalue weighted by atomic mass is 16.3. The summed E-state index contributed by atoms with van der Waals surface area (Å²) in [5.74, 6) is 0.759. The lowest BCUT2D eigenvalue weighted by Crippen LogP contribution is -2.25. The Kier molecular flexibility index (Phi) is 6.90. The van der Waals surface area contributed by atoms with Crippen molar-refractivity contribution in [2.24, 2.45) is 0 Å². The maximum Gasteiger partial charge on any atom is 0.147 e. The number of benzene rings is 1. The van der Waals surface area contributed by atoms with Gasteiger partial charge in [0.25, 0.3) is 0 Å². The second-order valence-electron chi connectivity index (χ2n) is 7.38. The summed E-state index contributed by atoms with van der Waals surface area (Å²) in [7, 11) is 1.94. The molecule has 0 amide bonds. The minimum absolute atomic E-state index is 0.106. The molecule has 3 unspecified atom stereocenters. The zero-order valence-corrected chi connectivity index (χ0v) is 16.1. The third-order valence-electron chi connectivity index (χ3n) is 5.23. The second-order valence-corrected chi connectivity index (χ2v) is 7.38. The molecule has 2 fully saturated rings. The van der Waals surface area contributed by atoms with Crippen LogP contribution in [0.1, 0.15) is 42.3 Å². The van der Waals surface area contributed by atoms with Crippen LogP contribution >= 0.6 is 0 Å². The molecule has 2 aliphatic rings. The molecule has 1 aliphatic heterocycles. The summed E-state index contributed by atoms with van der Waals surface area (Å²) in [5.41, 5.74) is 3.37. The summed E-state index contributed by atoms with van der Waals surface area (Å²) in [6.45, 7) is 0.559. The standard InChI is InChI=1S/C17H18N2O.C5H9NO2/c1-19(17(12-20)15-3-2-10-18-11-15)16-8-6-14(7-9-16)13-4-5-13;7-3-4-1-5(8)2-6-4/h2-3,6-13,17H,4-5H2,1H3;3-6,8H,1-2H2. The molecule has 0 spiro atoms. The summed E-state index contributed by atoms with van der Waals surface area (Å²) >= 11 is 0. The number of carbonyl (C=O) groups is 2. The maximum atomic E-state index is 11.4. The largest absolute Gasteiger partial charge is 0.392 e. The molecule has 1 aromatic carbocycles. The monoisotopic (exact) mass is 381 g/mol. The average molecular weight is 381 g/mol. The molecule has 6 heteroatoms. The molecule has 2 heterocycles. The van der Waals surface area contributed by atoms with Crippen LogP contribution in [0, 0.1) is 0 Å². The van der Waals surface area contributed by atoms with Gasteiger partial charge in [0, 0.05) is 31.7 Å². The van der Waals surface area contributed by atoms with Crippen molar-refractivity contribution < 1.29 is 14.7 Å². The van der Waals surface area contributed by atoms with Gasteiger partial charge in [-0.1, -0.05) is 18.2 Å². The summed E-state index contributed by atoms with van der Waals surface area (Å²) in [6.07, 6.45) is 8.13. The molecule has 1 saturated carbocycles. The predicted octanol–water partition coefficient (Wildman–Crippen LogP) is 2.24. The van der Waals surface area contributed by atoms with Crippen molar-refractivity contribution in [2.75, 3.05) is 18.5 Å². The number of hydrogen-bond acceptors (Lipinski definition) is 6. The number of aliphatic hydroxyl groups is 1. The zero-order valence-electron chi connectivity index (χ0n) is 16.1. The van der Waals surface area contributed by atoms with Crippen molar-refractivity contribution in [1.82, 2.24) is 10.3 Å². The number of hydrogen-bond donors (Lipinski definition) is 2. The van der Waals surface area contributed by atoms with Gasteiger partial charge in [-0.25, -0.2) is 0 Å². The van der Waals surface area contributed by atoms with E-state index in [1.807, 2.05) is 24.1 Å². The van der Waals surface area contributed by atoms with Crippen molar-refractivity contribution in [3.05, 3.63) is 59.9 Å². The minimum atomic E-state index is -0.315. The molecule has 4 rings (SSSR count). The van der Waals surface area contributed by atoms with Crippen LogP contribution in [0.25, 0.3) is 0 Å². The van der Waals surface area contributed by atoms with Gasteiger partial charge in [-0.2, -0.15) is 0 Å². The Morgan fingerprint density at radius 1 is 1.21 bits per heavy atom. The molecule has 1 aliphatic carbocycles. The van der Waals surface area contributed by atoms with E-state index < -0.39 is 0 Å². The van der Waals surface area contributed by atoms with Crippen molar-refractivity contribution in [1.29, 1.82) is 0 Å². The van der Waals surface area contributed by atoms with Crippen LogP contribution in [0.15, 0.2) is 48.8 Å². The molecule has 148 valence electrons. The van der Waals surface area contributed by atoms with Gasteiger partial charge in [-0.15, -0.1) is 0 Å². The Morgan fingerprint density at radius 3 is 2.43 bits per heavy atom. The van der Waals surface area contributed by atoms with Crippen LogP contribution in [-0.2, 0) is 9.59 Å². The Bertz CT molecular complexity index is 762. The van der Waals surface area contributed by atoms with Crippen LogP contribution < -0.4 is 10.2 Å². The average Bonchev–Trinajstić information content (AvgIpc) is 3.51. The topological polar surface area (TPSA) is 82.5 Å². The van der Waals surface area contributed by atoms with E-state index in [1.54, 1.807) is 12.4 Å². The molecule has 2 aromatic rings. The SMILES string of the molecule is CN(c1ccc(C2CC2)cc1)C(C=O)c1cccnc1.O=CC1CC(O)CN1. The van der Waals surface area contributed by atoms with Crippen LogP contribution in [0.3, 0.4) is 0 Å². The van der Waals surface area contributed by atoms with Crippen LogP contribution in [-0.4, -0.2) is 48.4 Å². The highest BCUT2D eigenvalue weighted by molar-refractivity contribution is 5.68. The van der Waals surface area contributed by atoms with Gasteiger partial charge >= 0.3 is 0 Å². The highest BCUT2D eigenvalue weighted by Gasteiger charge is 2.24. The molecule has 28 heavy (non-hydrogen) atoms. The van der Waals surface area contributed by atoms with Gasteiger partial charge in [-0.05, 0) is 54.5 Å².